The van der Waals surface area contributed by atoms with Crippen LogP contribution in [0.1, 0.15) is 40.0 Å². The Morgan fingerprint density at radius 3 is 2.79 bits per heavy atom. The standard InChI is InChI=1S/C12H24N2/c1-4-12(3)5-6-14(9-12)11-7-10(2)13-8-11/h10-11,13H,4-9H2,1-3H3. The molecule has 0 saturated carbocycles. The van der Waals surface area contributed by atoms with Crippen LogP contribution in [0.5, 0.6) is 0 Å². The van der Waals surface area contributed by atoms with Gasteiger partial charge in [-0.2, -0.15) is 0 Å². The van der Waals surface area contributed by atoms with E-state index in [0.29, 0.717) is 5.41 Å². The quantitative estimate of drug-likeness (QED) is 0.725. The van der Waals surface area contributed by atoms with Gasteiger partial charge < -0.3 is 5.32 Å². The van der Waals surface area contributed by atoms with E-state index in [9.17, 15) is 0 Å². The summed E-state index contributed by atoms with van der Waals surface area (Å²) in [4.78, 5) is 2.71. The van der Waals surface area contributed by atoms with E-state index in [-0.39, 0.29) is 0 Å². The molecule has 1 N–H and O–H groups in total. The van der Waals surface area contributed by atoms with Crippen LogP contribution >= 0.6 is 0 Å². The Balaban J connectivity index is 1.89. The maximum atomic E-state index is 3.55. The van der Waals surface area contributed by atoms with Gasteiger partial charge in [-0.3, -0.25) is 4.90 Å². The second-order valence-corrected chi connectivity index (χ2v) is 5.58. The van der Waals surface area contributed by atoms with Crippen LogP contribution in [0.25, 0.3) is 0 Å². The minimum Gasteiger partial charge on any atom is -0.313 e. The van der Waals surface area contributed by atoms with Crippen LogP contribution in [0.2, 0.25) is 0 Å². The van der Waals surface area contributed by atoms with Gasteiger partial charge in [0, 0.05) is 25.2 Å². The second-order valence-electron chi connectivity index (χ2n) is 5.58. The van der Waals surface area contributed by atoms with E-state index in [1.54, 1.807) is 0 Å². The Hall–Kier alpha value is -0.0800. The molecule has 0 amide bonds. The molecule has 0 bridgehead atoms. The summed E-state index contributed by atoms with van der Waals surface area (Å²) in [5, 5.41) is 3.55. The van der Waals surface area contributed by atoms with Gasteiger partial charge in [0.2, 0.25) is 0 Å². The van der Waals surface area contributed by atoms with E-state index < -0.39 is 0 Å². The molecular weight excluding hydrogens is 172 g/mol. The molecular formula is C12H24N2. The molecule has 2 aliphatic rings. The van der Waals surface area contributed by atoms with E-state index in [4.69, 9.17) is 0 Å². The lowest BCUT2D eigenvalue weighted by atomic mass is 9.87. The molecule has 82 valence electrons. The first-order valence-corrected chi connectivity index (χ1v) is 6.10. The van der Waals surface area contributed by atoms with Crippen LogP contribution in [0.15, 0.2) is 0 Å². The summed E-state index contributed by atoms with van der Waals surface area (Å²) in [6.45, 7) is 10.9. The summed E-state index contributed by atoms with van der Waals surface area (Å²) in [7, 11) is 0. The van der Waals surface area contributed by atoms with Crippen LogP contribution < -0.4 is 5.32 Å². The zero-order chi connectivity index (χ0) is 10.2. The van der Waals surface area contributed by atoms with Crippen molar-refractivity contribution in [1.82, 2.24) is 10.2 Å². The summed E-state index contributed by atoms with van der Waals surface area (Å²) in [5.74, 6) is 0. The average molecular weight is 196 g/mol. The molecule has 2 aliphatic heterocycles. The first-order chi connectivity index (χ1) is 6.63. The number of hydrogen-bond acceptors (Lipinski definition) is 2. The van der Waals surface area contributed by atoms with Crippen LogP contribution in [0.4, 0.5) is 0 Å². The van der Waals surface area contributed by atoms with Gasteiger partial charge in [-0.25, -0.2) is 0 Å². The minimum absolute atomic E-state index is 0.603. The SMILES string of the molecule is CCC1(C)CCN(C2CNC(C)C2)C1. The Bertz CT molecular complexity index is 204. The summed E-state index contributed by atoms with van der Waals surface area (Å²) in [6.07, 6.45) is 4.08. The molecule has 0 aromatic heterocycles. The van der Waals surface area contributed by atoms with Crippen molar-refractivity contribution in [2.75, 3.05) is 19.6 Å². The largest absolute Gasteiger partial charge is 0.313 e. The molecule has 0 aromatic carbocycles. The normalized spacial score (nSPS) is 44.8. The van der Waals surface area contributed by atoms with Crippen molar-refractivity contribution in [2.24, 2.45) is 5.41 Å². The van der Waals surface area contributed by atoms with Crippen molar-refractivity contribution in [3.63, 3.8) is 0 Å². The molecule has 2 saturated heterocycles. The highest BCUT2D eigenvalue weighted by atomic mass is 15.2. The van der Waals surface area contributed by atoms with Crippen LogP contribution in [-0.2, 0) is 0 Å². The van der Waals surface area contributed by atoms with Gasteiger partial charge in [0.05, 0.1) is 0 Å². The number of rotatable bonds is 2. The Kier molecular flexibility index (Phi) is 2.85. The molecule has 0 aliphatic carbocycles. The smallest absolute Gasteiger partial charge is 0.0235 e. The summed E-state index contributed by atoms with van der Waals surface area (Å²) in [6, 6.07) is 1.55. The third kappa shape index (κ3) is 1.96. The molecule has 2 heterocycles. The van der Waals surface area contributed by atoms with E-state index in [2.05, 4.69) is 31.0 Å². The fraction of sp³-hybridized carbons (Fsp3) is 1.00. The van der Waals surface area contributed by atoms with Gasteiger partial charge in [-0.1, -0.05) is 13.8 Å². The lowest BCUT2D eigenvalue weighted by molar-refractivity contribution is 0.216. The maximum Gasteiger partial charge on any atom is 0.0235 e. The molecule has 3 atom stereocenters. The third-order valence-electron chi connectivity index (χ3n) is 4.28. The predicted molar refractivity (Wildman–Crippen MR) is 60.5 cm³/mol. The first-order valence-electron chi connectivity index (χ1n) is 6.10. The third-order valence-corrected chi connectivity index (χ3v) is 4.28. The maximum absolute atomic E-state index is 3.55. The fourth-order valence-electron chi connectivity index (χ4n) is 2.85. The lowest BCUT2D eigenvalue weighted by Gasteiger charge is -2.26. The fourth-order valence-corrected chi connectivity index (χ4v) is 2.85. The topological polar surface area (TPSA) is 15.3 Å². The van der Waals surface area contributed by atoms with Gasteiger partial charge in [0.25, 0.3) is 0 Å². The Labute approximate surface area is 88.1 Å². The Morgan fingerprint density at radius 1 is 1.50 bits per heavy atom. The predicted octanol–water partition coefficient (Wildman–Crippen LogP) is 1.86. The van der Waals surface area contributed by atoms with E-state index >= 15 is 0 Å². The van der Waals surface area contributed by atoms with Gasteiger partial charge in [0.15, 0.2) is 0 Å². The highest BCUT2D eigenvalue weighted by molar-refractivity contribution is 4.93. The van der Waals surface area contributed by atoms with Gasteiger partial charge in [-0.15, -0.1) is 0 Å². The Morgan fingerprint density at radius 2 is 2.29 bits per heavy atom. The van der Waals surface area contributed by atoms with Gasteiger partial charge >= 0.3 is 0 Å². The molecule has 2 rings (SSSR count). The molecule has 0 aromatic rings. The van der Waals surface area contributed by atoms with Gasteiger partial charge in [-0.05, 0) is 38.1 Å². The molecule has 0 radical (unpaired) electrons. The highest BCUT2D eigenvalue weighted by Crippen LogP contribution is 2.35. The monoisotopic (exact) mass is 196 g/mol. The van der Waals surface area contributed by atoms with E-state index in [0.717, 1.165) is 12.1 Å². The van der Waals surface area contributed by atoms with Crippen LogP contribution in [0.3, 0.4) is 0 Å². The minimum atomic E-state index is 0.603. The summed E-state index contributed by atoms with van der Waals surface area (Å²) in [5.41, 5.74) is 0.603. The summed E-state index contributed by atoms with van der Waals surface area (Å²) >= 11 is 0. The lowest BCUT2D eigenvalue weighted by Crippen LogP contribution is -2.36. The molecule has 3 unspecified atom stereocenters. The van der Waals surface area contributed by atoms with Crippen molar-refractivity contribution in [2.45, 2.75) is 52.1 Å². The zero-order valence-electron chi connectivity index (χ0n) is 9.84. The molecule has 14 heavy (non-hydrogen) atoms. The first kappa shape index (κ1) is 10.4. The van der Waals surface area contributed by atoms with E-state index in [1.165, 1.54) is 38.9 Å². The molecule has 2 nitrogen and oxygen atoms in total. The van der Waals surface area contributed by atoms with Crippen molar-refractivity contribution in [3.05, 3.63) is 0 Å². The van der Waals surface area contributed by atoms with Crippen molar-refractivity contribution in [3.8, 4) is 0 Å². The second kappa shape index (κ2) is 3.82. The van der Waals surface area contributed by atoms with Crippen LogP contribution in [-0.4, -0.2) is 36.6 Å². The average Bonchev–Trinajstić information content (AvgIpc) is 2.73. The molecule has 2 fully saturated rings. The van der Waals surface area contributed by atoms with E-state index in [1.807, 2.05) is 0 Å². The van der Waals surface area contributed by atoms with Crippen LogP contribution in [0, 0.1) is 5.41 Å². The number of hydrogen-bond donors (Lipinski definition) is 1. The molecule has 0 spiro atoms. The number of nitrogens with one attached hydrogen (secondary N) is 1. The zero-order valence-corrected chi connectivity index (χ0v) is 9.84. The number of nitrogens with zero attached hydrogens (tertiary/aromatic N) is 1. The van der Waals surface area contributed by atoms with Gasteiger partial charge in [0.1, 0.15) is 0 Å². The van der Waals surface area contributed by atoms with Crippen molar-refractivity contribution >= 4 is 0 Å². The number of likely N-dealkylation sites (tertiary alicyclic amines) is 1. The van der Waals surface area contributed by atoms with Crippen molar-refractivity contribution in [1.29, 1.82) is 0 Å². The van der Waals surface area contributed by atoms with Crippen molar-refractivity contribution < 1.29 is 0 Å². The summed E-state index contributed by atoms with van der Waals surface area (Å²) < 4.78 is 0. The highest BCUT2D eigenvalue weighted by Gasteiger charge is 2.37. The molecule has 2 heteroatoms.